The third-order valence-electron chi connectivity index (χ3n) is 11.4. The van der Waals surface area contributed by atoms with Crippen molar-refractivity contribution in [3.8, 4) is 0 Å². The van der Waals surface area contributed by atoms with Crippen molar-refractivity contribution in [2.45, 2.75) is 245 Å². The van der Waals surface area contributed by atoms with Gasteiger partial charge in [-0.25, -0.2) is 0 Å². The van der Waals surface area contributed by atoms with Crippen LogP contribution in [0.5, 0.6) is 0 Å². The van der Waals surface area contributed by atoms with Gasteiger partial charge in [0.25, 0.3) is 0 Å². The fourth-order valence-electron chi connectivity index (χ4n) is 7.35. The van der Waals surface area contributed by atoms with Crippen molar-refractivity contribution in [1.29, 1.82) is 0 Å². The molecule has 0 N–H and O–H groups in total. The van der Waals surface area contributed by atoms with Crippen LogP contribution >= 0.6 is 0 Å². The van der Waals surface area contributed by atoms with Gasteiger partial charge in [-0.15, -0.1) is 0 Å². The van der Waals surface area contributed by atoms with Crippen molar-refractivity contribution in [3.63, 3.8) is 0 Å². The van der Waals surface area contributed by atoms with Crippen LogP contribution in [0.2, 0.25) is 0 Å². The lowest BCUT2D eigenvalue weighted by molar-refractivity contribution is -0.167. The van der Waals surface area contributed by atoms with E-state index in [-0.39, 0.29) is 37.5 Å². The van der Waals surface area contributed by atoms with Gasteiger partial charge in [-0.2, -0.15) is 0 Å². The molecule has 67 heavy (non-hydrogen) atoms. The van der Waals surface area contributed by atoms with Gasteiger partial charge in [0.05, 0.1) is 0 Å². The molecule has 0 aromatic rings. The third kappa shape index (κ3) is 52.9. The zero-order valence-electron chi connectivity index (χ0n) is 43.4. The van der Waals surface area contributed by atoms with Crippen molar-refractivity contribution >= 4 is 17.9 Å². The van der Waals surface area contributed by atoms with Gasteiger partial charge in [0.2, 0.25) is 0 Å². The molecule has 0 aliphatic rings. The minimum atomic E-state index is -0.813. The Morgan fingerprint density at radius 2 is 0.672 bits per heavy atom. The normalized spacial score (nSPS) is 12.9. The number of carbonyl (C=O) groups is 3. The van der Waals surface area contributed by atoms with Crippen molar-refractivity contribution < 1.29 is 28.6 Å². The second kappa shape index (κ2) is 54.7. The van der Waals surface area contributed by atoms with E-state index >= 15 is 0 Å². The van der Waals surface area contributed by atoms with Crippen molar-refractivity contribution in [2.24, 2.45) is 0 Å². The number of esters is 3. The summed E-state index contributed by atoms with van der Waals surface area (Å²) in [5, 5.41) is 0. The van der Waals surface area contributed by atoms with Crippen molar-refractivity contribution in [1.82, 2.24) is 0 Å². The number of carbonyl (C=O) groups excluding carboxylic acids is 3. The van der Waals surface area contributed by atoms with Crippen LogP contribution in [0.1, 0.15) is 239 Å². The summed E-state index contributed by atoms with van der Waals surface area (Å²) in [7, 11) is 0. The molecule has 0 aromatic heterocycles. The summed E-state index contributed by atoms with van der Waals surface area (Å²) in [6, 6.07) is 0. The topological polar surface area (TPSA) is 78.9 Å². The highest BCUT2D eigenvalue weighted by molar-refractivity contribution is 5.71. The second-order valence-corrected chi connectivity index (χ2v) is 17.9. The first kappa shape index (κ1) is 63.1. The molecule has 0 aromatic carbocycles. The van der Waals surface area contributed by atoms with Crippen molar-refractivity contribution in [2.75, 3.05) is 13.2 Å². The van der Waals surface area contributed by atoms with Crippen LogP contribution in [0.25, 0.3) is 0 Å². The predicted molar refractivity (Wildman–Crippen MR) is 288 cm³/mol. The van der Waals surface area contributed by atoms with E-state index in [1.165, 1.54) is 103 Å². The first-order valence-corrected chi connectivity index (χ1v) is 27.5. The first-order valence-electron chi connectivity index (χ1n) is 27.5. The molecule has 0 saturated carbocycles. The van der Waals surface area contributed by atoms with Gasteiger partial charge in [-0.1, -0.05) is 259 Å². The standard InChI is InChI=1S/C61H100O6/c1-4-7-10-13-16-19-22-25-27-29-30-32-33-36-39-42-45-48-51-54-60(63)66-57-58(56-65-59(62)53-50-47-44-41-38-35-24-21-18-15-12-9-6-3)67-61(64)55-52-49-46-43-40-37-34-31-28-26-23-20-17-14-11-8-5-2/h7,9-10,12,15-16,18-19,21,24-25,27,30,32,35,38,41,44,58H,4-6,8,11,13-14,17,20,22-23,26,28-29,31,33-34,36-37,39-40,42-43,45-57H2,1-3H3/b10-7+,12-9+,18-15+,19-16+,24-21+,27-25+,32-30+,38-35+,44-41+. The number of allylic oxidation sites excluding steroid dienone is 18. The Hall–Kier alpha value is -3.93. The molecule has 0 amide bonds. The van der Waals surface area contributed by atoms with Crippen LogP contribution in [-0.2, 0) is 28.6 Å². The molecule has 0 heterocycles. The summed E-state index contributed by atoms with van der Waals surface area (Å²) in [6.45, 7) is 6.31. The lowest BCUT2D eigenvalue weighted by atomic mass is 10.0. The van der Waals surface area contributed by atoms with E-state index in [0.29, 0.717) is 19.3 Å². The first-order chi connectivity index (χ1) is 33.0. The molecule has 0 aliphatic heterocycles. The van der Waals surface area contributed by atoms with Gasteiger partial charge in [-0.3, -0.25) is 14.4 Å². The summed E-state index contributed by atoms with van der Waals surface area (Å²) < 4.78 is 16.8. The fourth-order valence-corrected chi connectivity index (χ4v) is 7.35. The zero-order valence-corrected chi connectivity index (χ0v) is 43.4. The van der Waals surface area contributed by atoms with Gasteiger partial charge in [0.1, 0.15) is 13.2 Å². The zero-order chi connectivity index (χ0) is 48.6. The van der Waals surface area contributed by atoms with E-state index in [1.807, 2.05) is 54.7 Å². The lowest BCUT2D eigenvalue weighted by Gasteiger charge is -2.18. The Labute approximate surface area is 412 Å². The minimum absolute atomic E-state index is 0.108. The molecule has 0 fully saturated rings. The maximum Gasteiger partial charge on any atom is 0.306 e. The highest BCUT2D eigenvalue weighted by Gasteiger charge is 2.19. The van der Waals surface area contributed by atoms with E-state index < -0.39 is 6.10 Å². The Bertz CT molecular complexity index is 1390. The molecule has 0 bridgehead atoms. The largest absolute Gasteiger partial charge is 0.462 e. The molecule has 1 atom stereocenters. The molecule has 0 spiro atoms. The summed E-state index contributed by atoms with van der Waals surface area (Å²) in [4.78, 5) is 38.1. The van der Waals surface area contributed by atoms with E-state index in [2.05, 4.69) is 75.5 Å². The maximum absolute atomic E-state index is 12.8. The summed E-state index contributed by atoms with van der Waals surface area (Å²) in [5.74, 6) is -0.996. The van der Waals surface area contributed by atoms with E-state index in [9.17, 15) is 14.4 Å². The number of unbranched alkanes of at least 4 members (excludes halogenated alkanes) is 23. The Morgan fingerprint density at radius 1 is 0.328 bits per heavy atom. The van der Waals surface area contributed by atoms with Crippen LogP contribution in [0.3, 0.4) is 0 Å². The Morgan fingerprint density at radius 3 is 1.13 bits per heavy atom. The van der Waals surface area contributed by atoms with Gasteiger partial charge >= 0.3 is 17.9 Å². The molecular formula is C61H100O6. The van der Waals surface area contributed by atoms with Crippen LogP contribution in [0.15, 0.2) is 109 Å². The van der Waals surface area contributed by atoms with E-state index in [4.69, 9.17) is 14.2 Å². The third-order valence-corrected chi connectivity index (χ3v) is 11.4. The summed E-state index contributed by atoms with van der Waals surface area (Å²) >= 11 is 0. The molecule has 0 radical (unpaired) electrons. The Balaban J connectivity index is 4.47. The number of hydrogen-bond donors (Lipinski definition) is 0. The monoisotopic (exact) mass is 929 g/mol. The molecule has 6 nitrogen and oxygen atoms in total. The molecule has 0 saturated heterocycles. The van der Waals surface area contributed by atoms with Crippen LogP contribution < -0.4 is 0 Å². The fraction of sp³-hybridized carbons (Fsp3) is 0.656. The molecular weight excluding hydrogens is 829 g/mol. The quantitative estimate of drug-likeness (QED) is 0.0199. The van der Waals surface area contributed by atoms with E-state index in [1.54, 1.807) is 0 Å². The highest BCUT2D eigenvalue weighted by atomic mass is 16.6. The Kier molecular flexibility index (Phi) is 51.5. The molecule has 0 aliphatic carbocycles. The van der Waals surface area contributed by atoms with Gasteiger partial charge in [0.15, 0.2) is 6.10 Å². The van der Waals surface area contributed by atoms with Crippen LogP contribution in [0, 0.1) is 0 Å². The average molecular weight is 929 g/mol. The minimum Gasteiger partial charge on any atom is -0.462 e. The smallest absolute Gasteiger partial charge is 0.306 e. The predicted octanol–water partition coefficient (Wildman–Crippen LogP) is 18.3. The number of rotatable bonds is 48. The number of hydrogen-bond acceptors (Lipinski definition) is 6. The van der Waals surface area contributed by atoms with Crippen LogP contribution in [0.4, 0.5) is 0 Å². The maximum atomic E-state index is 12.8. The lowest BCUT2D eigenvalue weighted by Crippen LogP contribution is -2.30. The van der Waals surface area contributed by atoms with Crippen LogP contribution in [-0.4, -0.2) is 37.2 Å². The number of ether oxygens (including phenoxy) is 3. The molecule has 1 unspecified atom stereocenters. The molecule has 0 rings (SSSR count). The highest BCUT2D eigenvalue weighted by Crippen LogP contribution is 2.15. The van der Waals surface area contributed by atoms with Gasteiger partial charge in [0, 0.05) is 19.3 Å². The van der Waals surface area contributed by atoms with Crippen molar-refractivity contribution in [3.05, 3.63) is 109 Å². The second-order valence-electron chi connectivity index (χ2n) is 17.9. The van der Waals surface area contributed by atoms with Gasteiger partial charge in [-0.05, 0) is 70.6 Å². The average Bonchev–Trinajstić information content (AvgIpc) is 3.33. The summed E-state index contributed by atoms with van der Waals surface area (Å²) in [5.41, 5.74) is 0. The summed E-state index contributed by atoms with van der Waals surface area (Å²) in [6.07, 6.45) is 73.7. The van der Waals surface area contributed by atoms with E-state index in [0.717, 1.165) is 89.9 Å². The SMILES string of the molecule is CC/C=C/C=C/C=C/C=C/C=C/CCCC(=O)OCC(COC(=O)CCCCCCCC/C=C/C/C=C/C/C=C/C/C=C/CC)OC(=O)CCCCCCCCCCCCCCCCCCC. The molecule has 380 valence electrons. The molecule has 6 heteroatoms. The van der Waals surface area contributed by atoms with Gasteiger partial charge < -0.3 is 14.2 Å².